The van der Waals surface area contributed by atoms with E-state index in [-0.39, 0.29) is 42.7 Å². The Morgan fingerprint density at radius 3 is 2.51 bits per heavy atom. The fourth-order valence-corrected chi connectivity index (χ4v) is 5.13. The van der Waals surface area contributed by atoms with Crippen molar-refractivity contribution in [1.29, 1.82) is 0 Å². The average Bonchev–Trinajstić information content (AvgIpc) is 3.47. The number of aliphatic hydroxyl groups excluding tert-OH is 1. The van der Waals surface area contributed by atoms with Crippen LogP contribution in [0.1, 0.15) is 51.3 Å². The molecule has 2 heterocycles. The van der Waals surface area contributed by atoms with Crippen molar-refractivity contribution < 1.29 is 48.8 Å². The quantitative estimate of drug-likeness (QED) is 0.278. The maximum Gasteiger partial charge on any atom is 0.416 e. The average molecular weight is 608 g/mol. The molecule has 3 atom stereocenters. The zero-order valence-electron chi connectivity index (χ0n) is 20.9. The molecule has 1 aliphatic carbocycles. The molecule has 17 heteroatoms. The summed E-state index contributed by atoms with van der Waals surface area (Å²) in [6.45, 7) is -0.862. The molecule has 1 aromatic carbocycles. The van der Waals surface area contributed by atoms with Crippen molar-refractivity contribution in [1.82, 2.24) is 19.7 Å². The van der Waals surface area contributed by atoms with Gasteiger partial charge in [-0.05, 0) is 48.9 Å². The predicted molar refractivity (Wildman–Crippen MR) is 128 cm³/mol. The molecule has 0 spiro atoms. The summed E-state index contributed by atoms with van der Waals surface area (Å²) in [5.74, 6) is -1.35. The first-order valence-corrected chi connectivity index (χ1v) is 13.5. The Balaban J connectivity index is 1.50. The predicted octanol–water partition coefficient (Wildman–Crippen LogP) is 3.14. The molecule has 0 bridgehead atoms. The molecule has 1 saturated carbocycles. The van der Waals surface area contributed by atoms with Gasteiger partial charge in [-0.25, -0.2) is 15.1 Å². The van der Waals surface area contributed by atoms with Gasteiger partial charge in [0.25, 0.3) is 0 Å². The minimum Gasteiger partial charge on any atom is -0.393 e. The van der Waals surface area contributed by atoms with E-state index in [0.29, 0.717) is 18.2 Å². The highest BCUT2D eigenvalue weighted by atomic mass is 32.2. The summed E-state index contributed by atoms with van der Waals surface area (Å²) in [6, 6.07) is 2.54. The highest BCUT2D eigenvalue weighted by molar-refractivity contribution is 7.84. The lowest BCUT2D eigenvalue weighted by atomic mass is 9.96. The van der Waals surface area contributed by atoms with Crippen molar-refractivity contribution in [3.63, 3.8) is 0 Å². The van der Waals surface area contributed by atoms with E-state index in [0.717, 1.165) is 10.7 Å². The number of halogens is 6. The van der Waals surface area contributed by atoms with Gasteiger partial charge in [0.1, 0.15) is 12.0 Å². The summed E-state index contributed by atoms with van der Waals surface area (Å²) < 4.78 is 107. The van der Waals surface area contributed by atoms with Gasteiger partial charge in [-0.1, -0.05) is 6.07 Å². The highest BCUT2D eigenvalue weighted by Gasteiger charge is 2.38. The van der Waals surface area contributed by atoms with E-state index in [1.54, 1.807) is 0 Å². The lowest BCUT2D eigenvalue weighted by molar-refractivity contribution is -0.143. The molecule has 3 N–H and O–H groups in total. The van der Waals surface area contributed by atoms with Gasteiger partial charge >= 0.3 is 22.7 Å². The summed E-state index contributed by atoms with van der Waals surface area (Å²) in [7, 11) is -4.18. The molecule has 1 fully saturated rings. The number of carbonyl (C=O) groups is 1. The Bertz CT molecular complexity index is 1530. The number of nitrogens with two attached hydrogens (primary N) is 1. The minimum absolute atomic E-state index is 0.0318. The number of aromatic nitrogens is 4. The second kappa shape index (κ2) is 11.5. The second-order valence-corrected chi connectivity index (χ2v) is 10.8. The zero-order valence-corrected chi connectivity index (χ0v) is 21.7. The van der Waals surface area contributed by atoms with Crippen molar-refractivity contribution in [3.05, 3.63) is 76.6 Å². The molecule has 1 aliphatic rings. The maximum atomic E-state index is 13.5. The van der Waals surface area contributed by atoms with Gasteiger partial charge in [-0.2, -0.15) is 39.9 Å². The van der Waals surface area contributed by atoms with Crippen molar-refractivity contribution in [2.24, 2.45) is 17.0 Å². The van der Waals surface area contributed by atoms with Crippen LogP contribution in [0.4, 0.5) is 26.3 Å². The molecule has 2 aromatic heterocycles. The Labute approximate surface area is 229 Å². The van der Waals surface area contributed by atoms with Crippen LogP contribution in [0.2, 0.25) is 0 Å². The number of aliphatic hydroxyl groups is 1. The van der Waals surface area contributed by atoms with Crippen LogP contribution in [0, 0.1) is 11.8 Å². The molecule has 10 nitrogen and oxygen atoms in total. The van der Waals surface area contributed by atoms with Gasteiger partial charge in [0.2, 0.25) is 5.78 Å². The lowest BCUT2D eigenvalue weighted by Crippen LogP contribution is -2.24. The normalized spacial score (nSPS) is 20.0. The topological polar surface area (TPSA) is 150 Å². The molecule has 4 rings (SSSR count). The summed E-state index contributed by atoms with van der Waals surface area (Å²) in [6.07, 6.45) is -6.37. The van der Waals surface area contributed by atoms with Crippen LogP contribution in [0.3, 0.4) is 0 Å². The molecule has 3 aromatic rings. The Hall–Kier alpha value is -3.41. The van der Waals surface area contributed by atoms with E-state index in [2.05, 4.69) is 19.2 Å². The summed E-state index contributed by atoms with van der Waals surface area (Å²) in [5, 5.41) is 19.1. The summed E-state index contributed by atoms with van der Waals surface area (Å²) >= 11 is 0. The van der Waals surface area contributed by atoms with E-state index in [4.69, 9.17) is 5.14 Å². The molecule has 0 amide bonds. The minimum atomic E-state index is -5.06. The van der Waals surface area contributed by atoms with Crippen molar-refractivity contribution in [2.45, 2.75) is 44.3 Å². The standard InChI is InChI=1S/C24H23F6N5O5S/c25-23(26,27)16-2-1-14(18(8-16)24(28,29)30)10-35-4-3-19(34-35)22(37)17-9-32-12-33-20(17)6-13-5-15(21(36)7-13)11-40-41(31,38)39/h1-4,8-9,12-13,15,21,36H,5-7,10-11H2,(H2,31,38,39)/t13-,15+,21-/m0/s1. The molecule has 0 aliphatic heterocycles. The number of hydrogen-bond donors (Lipinski definition) is 2. The van der Waals surface area contributed by atoms with Gasteiger partial charge in [0.15, 0.2) is 0 Å². The molecule has 222 valence electrons. The van der Waals surface area contributed by atoms with Gasteiger partial charge in [0, 0.05) is 18.3 Å². The van der Waals surface area contributed by atoms with Crippen LogP contribution in [0.25, 0.3) is 0 Å². The summed E-state index contributed by atoms with van der Waals surface area (Å²) in [5.41, 5.74) is -3.18. The van der Waals surface area contributed by atoms with Crippen LogP contribution in [0.15, 0.2) is 43.0 Å². The molecular formula is C24H23F6N5O5S. The molecule has 0 unspecified atom stereocenters. The Morgan fingerprint density at radius 2 is 1.85 bits per heavy atom. The fourth-order valence-electron chi connectivity index (χ4n) is 4.76. The van der Waals surface area contributed by atoms with Gasteiger partial charge in [0.05, 0.1) is 41.6 Å². The first-order valence-electron chi connectivity index (χ1n) is 12.0. The third-order valence-electron chi connectivity index (χ3n) is 6.67. The smallest absolute Gasteiger partial charge is 0.393 e. The fraction of sp³-hybridized carbons (Fsp3) is 0.417. The van der Waals surface area contributed by atoms with Crippen LogP contribution in [0.5, 0.6) is 0 Å². The number of benzene rings is 1. The van der Waals surface area contributed by atoms with Crippen molar-refractivity contribution in [2.75, 3.05) is 6.61 Å². The first kappa shape index (κ1) is 30.5. The third kappa shape index (κ3) is 7.66. The number of rotatable bonds is 9. The van der Waals surface area contributed by atoms with Crippen molar-refractivity contribution >= 4 is 16.1 Å². The maximum absolute atomic E-state index is 13.5. The van der Waals surface area contributed by atoms with Gasteiger partial charge in [-0.15, -0.1) is 0 Å². The zero-order chi connectivity index (χ0) is 30.2. The van der Waals surface area contributed by atoms with Crippen LogP contribution >= 0.6 is 0 Å². The van der Waals surface area contributed by atoms with Crippen LogP contribution < -0.4 is 5.14 Å². The van der Waals surface area contributed by atoms with E-state index in [1.165, 1.54) is 24.8 Å². The lowest BCUT2D eigenvalue weighted by Gasteiger charge is -2.16. The first-order chi connectivity index (χ1) is 19.0. The SMILES string of the molecule is NS(=O)(=O)OC[C@H]1C[C@@H](Cc2ncncc2C(=O)c2ccn(Cc3ccc(C(F)(F)F)cc3C(F)(F)F)n2)C[C@@H]1O. The number of alkyl halides is 6. The van der Waals surface area contributed by atoms with Crippen LogP contribution in [-0.4, -0.2) is 51.8 Å². The Kier molecular flexibility index (Phi) is 8.54. The molecule has 0 radical (unpaired) electrons. The number of hydrogen-bond acceptors (Lipinski definition) is 8. The molecule has 0 saturated heterocycles. The largest absolute Gasteiger partial charge is 0.416 e. The number of ketones is 1. The van der Waals surface area contributed by atoms with E-state index < -0.39 is 63.7 Å². The third-order valence-corrected chi connectivity index (χ3v) is 7.14. The number of nitrogens with zero attached hydrogens (tertiary/aromatic N) is 4. The summed E-state index contributed by atoms with van der Waals surface area (Å²) in [4.78, 5) is 21.2. The van der Waals surface area contributed by atoms with Crippen molar-refractivity contribution in [3.8, 4) is 0 Å². The van der Waals surface area contributed by atoms with E-state index in [1.807, 2.05) is 0 Å². The highest BCUT2D eigenvalue weighted by Crippen LogP contribution is 2.38. The number of carbonyl (C=O) groups excluding carboxylic acids is 1. The molecule has 41 heavy (non-hydrogen) atoms. The van der Waals surface area contributed by atoms with Crippen LogP contribution in [-0.2, 0) is 39.8 Å². The van der Waals surface area contributed by atoms with Gasteiger partial charge < -0.3 is 5.11 Å². The van der Waals surface area contributed by atoms with E-state index in [9.17, 15) is 44.7 Å². The monoisotopic (exact) mass is 607 g/mol. The second-order valence-electron chi connectivity index (χ2n) is 9.62. The Morgan fingerprint density at radius 1 is 1.12 bits per heavy atom. The molecular weight excluding hydrogens is 584 g/mol. The van der Waals surface area contributed by atoms with E-state index >= 15 is 0 Å². The van der Waals surface area contributed by atoms with Gasteiger partial charge in [-0.3, -0.25) is 13.7 Å².